The first-order valence-electron chi connectivity index (χ1n) is 5.85. The lowest BCUT2D eigenvalue weighted by Crippen LogP contribution is -2.50. The van der Waals surface area contributed by atoms with Crippen molar-refractivity contribution in [1.82, 2.24) is 20.6 Å². The van der Waals surface area contributed by atoms with Crippen molar-refractivity contribution in [3.05, 3.63) is 24.3 Å². The van der Waals surface area contributed by atoms with E-state index in [2.05, 4.69) is 20.6 Å². The van der Waals surface area contributed by atoms with Gasteiger partial charge in [0.05, 0.1) is 18.3 Å². The molecule has 0 unspecified atom stereocenters. The largest absolute Gasteiger partial charge is 0.394 e. The molecule has 100 valence electrons. The lowest BCUT2D eigenvalue weighted by Gasteiger charge is -2.25. The summed E-state index contributed by atoms with van der Waals surface area (Å²) < 4.78 is 0. The molecule has 0 saturated heterocycles. The summed E-state index contributed by atoms with van der Waals surface area (Å²) in [5.41, 5.74) is 0.721. The van der Waals surface area contributed by atoms with Gasteiger partial charge in [0.1, 0.15) is 0 Å². The Morgan fingerprint density at radius 2 is 2.17 bits per heavy atom. The van der Waals surface area contributed by atoms with E-state index in [-0.39, 0.29) is 18.2 Å². The molecule has 1 atom stereocenters. The van der Waals surface area contributed by atoms with Gasteiger partial charge in [-0.25, -0.2) is 0 Å². The van der Waals surface area contributed by atoms with Crippen LogP contribution in [0, 0.1) is 0 Å². The fraction of sp³-hybridized carbons (Fsp3) is 0.583. The minimum Gasteiger partial charge on any atom is -0.394 e. The molecule has 0 aliphatic carbocycles. The summed E-state index contributed by atoms with van der Waals surface area (Å²) in [6.07, 6.45) is 5.52. The Balaban J connectivity index is 2.50. The first kappa shape index (κ1) is 14.8. The highest BCUT2D eigenvalue weighted by Crippen LogP contribution is 2.00. The third kappa shape index (κ3) is 5.88. The summed E-state index contributed by atoms with van der Waals surface area (Å²) >= 11 is 5.19. The van der Waals surface area contributed by atoms with Crippen LogP contribution in [0.3, 0.4) is 0 Å². The second kappa shape index (κ2) is 6.61. The number of rotatable bonds is 4. The number of nitrogens with one attached hydrogen (secondary N) is 2. The van der Waals surface area contributed by atoms with E-state index < -0.39 is 0 Å². The van der Waals surface area contributed by atoms with Crippen molar-refractivity contribution in [1.29, 1.82) is 0 Å². The predicted molar refractivity (Wildman–Crippen MR) is 75.2 cm³/mol. The Hall–Kier alpha value is -1.27. The minimum atomic E-state index is -0.163. The van der Waals surface area contributed by atoms with Crippen molar-refractivity contribution in [2.24, 2.45) is 0 Å². The molecule has 3 N–H and O–H groups in total. The maximum absolute atomic E-state index is 9.34. The Morgan fingerprint density at radius 1 is 1.44 bits per heavy atom. The fourth-order valence-electron chi connectivity index (χ4n) is 1.41. The SMILES string of the molecule is CC(C)(C)NC(=S)N[C@@H](CO)Cc1cnccn1. The van der Waals surface area contributed by atoms with Crippen LogP contribution in [0.25, 0.3) is 0 Å². The number of thiocarbonyl (C=S) groups is 1. The molecule has 5 nitrogen and oxygen atoms in total. The molecule has 6 heteroatoms. The number of hydrogen-bond acceptors (Lipinski definition) is 4. The zero-order valence-corrected chi connectivity index (χ0v) is 11.8. The van der Waals surface area contributed by atoms with Crippen LogP contribution in [0.5, 0.6) is 0 Å². The number of nitrogens with zero attached hydrogens (tertiary/aromatic N) is 2. The number of aliphatic hydroxyl groups excluding tert-OH is 1. The summed E-state index contributed by atoms with van der Waals surface area (Å²) in [6, 6.07) is -0.163. The van der Waals surface area contributed by atoms with Crippen LogP contribution < -0.4 is 10.6 Å². The molecule has 0 spiro atoms. The zero-order chi connectivity index (χ0) is 13.6. The molecule has 0 radical (unpaired) electrons. The van der Waals surface area contributed by atoms with Crippen LogP contribution in [-0.2, 0) is 6.42 Å². The quantitative estimate of drug-likeness (QED) is 0.696. The molecule has 0 aromatic carbocycles. The van der Waals surface area contributed by atoms with Gasteiger partial charge in [0.15, 0.2) is 5.11 Å². The summed E-state index contributed by atoms with van der Waals surface area (Å²) in [6.45, 7) is 6.06. The van der Waals surface area contributed by atoms with E-state index in [1.54, 1.807) is 18.6 Å². The zero-order valence-electron chi connectivity index (χ0n) is 11.0. The molecule has 0 aliphatic rings. The first-order chi connectivity index (χ1) is 8.40. The van der Waals surface area contributed by atoms with E-state index in [0.29, 0.717) is 11.5 Å². The van der Waals surface area contributed by atoms with Gasteiger partial charge in [-0.15, -0.1) is 0 Å². The molecule has 0 saturated carbocycles. The van der Waals surface area contributed by atoms with Crippen molar-refractivity contribution < 1.29 is 5.11 Å². The van der Waals surface area contributed by atoms with Crippen molar-refractivity contribution in [2.45, 2.75) is 38.8 Å². The van der Waals surface area contributed by atoms with E-state index in [0.717, 1.165) is 5.69 Å². The number of hydrogen-bond donors (Lipinski definition) is 3. The summed E-state index contributed by atoms with van der Waals surface area (Å²) in [5, 5.41) is 16.1. The van der Waals surface area contributed by atoms with Crippen molar-refractivity contribution in [3.8, 4) is 0 Å². The molecule has 0 aliphatic heterocycles. The van der Waals surface area contributed by atoms with Gasteiger partial charge in [0, 0.05) is 30.6 Å². The Bertz CT molecular complexity index is 377. The van der Waals surface area contributed by atoms with E-state index in [9.17, 15) is 5.11 Å². The van der Waals surface area contributed by atoms with Gasteiger partial charge < -0.3 is 15.7 Å². The lowest BCUT2D eigenvalue weighted by molar-refractivity contribution is 0.253. The topological polar surface area (TPSA) is 70.1 Å². The van der Waals surface area contributed by atoms with Crippen LogP contribution in [-0.4, -0.2) is 38.4 Å². The van der Waals surface area contributed by atoms with E-state index >= 15 is 0 Å². The van der Waals surface area contributed by atoms with Crippen LogP contribution in [0.1, 0.15) is 26.5 Å². The number of aromatic nitrogens is 2. The fourth-order valence-corrected chi connectivity index (χ4v) is 1.88. The Kier molecular flexibility index (Phi) is 5.43. The average molecular weight is 268 g/mol. The van der Waals surface area contributed by atoms with Gasteiger partial charge in [0.25, 0.3) is 0 Å². The molecule has 1 aromatic heterocycles. The van der Waals surface area contributed by atoms with Gasteiger partial charge in [-0.2, -0.15) is 0 Å². The minimum absolute atomic E-state index is 0.0114. The standard InChI is InChI=1S/C12H20N4OS/c1-12(2,3)16-11(18)15-10(8-17)6-9-7-13-4-5-14-9/h4-5,7,10,17H,6,8H2,1-3H3,(H2,15,16,18)/t10-/m1/s1. The van der Waals surface area contributed by atoms with Gasteiger partial charge in [-0.1, -0.05) is 0 Å². The molecule has 1 rings (SSSR count). The van der Waals surface area contributed by atoms with E-state index in [4.69, 9.17) is 12.2 Å². The number of aliphatic hydroxyl groups is 1. The monoisotopic (exact) mass is 268 g/mol. The highest BCUT2D eigenvalue weighted by Gasteiger charge is 2.15. The molecule has 0 fully saturated rings. The Morgan fingerprint density at radius 3 is 2.67 bits per heavy atom. The van der Waals surface area contributed by atoms with Gasteiger partial charge >= 0.3 is 0 Å². The summed E-state index contributed by atoms with van der Waals surface area (Å²) in [4.78, 5) is 8.16. The second-order valence-electron chi connectivity index (χ2n) is 5.13. The molecular weight excluding hydrogens is 248 g/mol. The predicted octanol–water partition coefficient (Wildman–Crippen LogP) is 0.643. The van der Waals surface area contributed by atoms with Gasteiger partial charge in [-0.05, 0) is 33.0 Å². The van der Waals surface area contributed by atoms with Crippen molar-refractivity contribution in [2.75, 3.05) is 6.61 Å². The van der Waals surface area contributed by atoms with Gasteiger partial charge in [0.2, 0.25) is 0 Å². The third-order valence-corrected chi connectivity index (χ3v) is 2.34. The molecule has 0 bridgehead atoms. The maximum atomic E-state index is 9.34. The van der Waals surface area contributed by atoms with E-state index in [1.807, 2.05) is 20.8 Å². The Labute approximate surface area is 113 Å². The average Bonchev–Trinajstić information content (AvgIpc) is 2.27. The van der Waals surface area contributed by atoms with E-state index in [1.165, 1.54) is 0 Å². The smallest absolute Gasteiger partial charge is 0.167 e. The second-order valence-corrected chi connectivity index (χ2v) is 5.54. The summed E-state index contributed by atoms with van der Waals surface area (Å²) in [7, 11) is 0. The van der Waals surface area contributed by atoms with Gasteiger partial charge in [-0.3, -0.25) is 9.97 Å². The molecular formula is C12H20N4OS. The van der Waals surface area contributed by atoms with Crippen LogP contribution in [0.2, 0.25) is 0 Å². The van der Waals surface area contributed by atoms with Crippen molar-refractivity contribution in [3.63, 3.8) is 0 Å². The van der Waals surface area contributed by atoms with Crippen LogP contribution >= 0.6 is 12.2 Å². The third-order valence-electron chi connectivity index (χ3n) is 2.12. The molecule has 18 heavy (non-hydrogen) atoms. The summed E-state index contributed by atoms with van der Waals surface area (Å²) in [5.74, 6) is 0. The molecule has 1 heterocycles. The highest BCUT2D eigenvalue weighted by molar-refractivity contribution is 7.80. The van der Waals surface area contributed by atoms with Crippen molar-refractivity contribution >= 4 is 17.3 Å². The first-order valence-corrected chi connectivity index (χ1v) is 6.26. The molecule has 1 aromatic rings. The maximum Gasteiger partial charge on any atom is 0.167 e. The van der Waals surface area contributed by atoms with Crippen LogP contribution in [0.15, 0.2) is 18.6 Å². The normalized spacial score (nSPS) is 12.9. The highest BCUT2D eigenvalue weighted by atomic mass is 32.1. The van der Waals surface area contributed by atoms with Crippen LogP contribution in [0.4, 0.5) is 0 Å². The molecule has 0 amide bonds. The lowest BCUT2D eigenvalue weighted by atomic mass is 10.1.